The molecule has 0 atom stereocenters. The Kier molecular flexibility index (Phi) is 6.18. The van der Waals surface area contributed by atoms with Crippen LogP contribution in [0.15, 0.2) is 78.9 Å². The third-order valence-electron chi connectivity index (χ3n) is 5.34. The smallest absolute Gasteiger partial charge is 0.253 e. The van der Waals surface area contributed by atoms with Gasteiger partial charge in [0.2, 0.25) is 0 Å². The van der Waals surface area contributed by atoms with Crippen LogP contribution in [0.2, 0.25) is 0 Å². The molecule has 0 N–H and O–H groups in total. The van der Waals surface area contributed by atoms with Crippen molar-refractivity contribution < 1.29 is 14.3 Å². The van der Waals surface area contributed by atoms with Gasteiger partial charge in [0, 0.05) is 31.7 Å². The van der Waals surface area contributed by atoms with Crippen molar-refractivity contribution in [3.05, 3.63) is 90.0 Å². The van der Waals surface area contributed by atoms with E-state index in [-0.39, 0.29) is 5.91 Å². The predicted octanol–water partition coefficient (Wildman–Crippen LogP) is 4.24. The fourth-order valence-electron chi connectivity index (χ4n) is 3.66. The Hall–Kier alpha value is -3.47. The van der Waals surface area contributed by atoms with E-state index in [0.717, 1.165) is 35.8 Å². The van der Waals surface area contributed by atoms with E-state index >= 15 is 0 Å². The Morgan fingerprint density at radius 3 is 2.20 bits per heavy atom. The molecule has 1 heterocycles. The Bertz CT molecular complexity index is 965. The van der Waals surface area contributed by atoms with Crippen molar-refractivity contribution in [2.45, 2.75) is 6.61 Å². The highest BCUT2D eigenvalue weighted by Gasteiger charge is 2.23. The molecule has 0 unspecified atom stereocenters. The van der Waals surface area contributed by atoms with Crippen molar-refractivity contribution >= 4 is 11.6 Å². The summed E-state index contributed by atoms with van der Waals surface area (Å²) < 4.78 is 11.3. The van der Waals surface area contributed by atoms with E-state index in [9.17, 15) is 4.79 Å². The number of carbonyl (C=O) groups is 1. The van der Waals surface area contributed by atoms with Crippen LogP contribution < -0.4 is 14.4 Å². The number of para-hydroxylation sites is 2. The van der Waals surface area contributed by atoms with E-state index in [0.29, 0.717) is 25.3 Å². The van der Waals surface area contributed by atoms with Crippen molar-refractivity contribution in [2.75, 3.05) is 38.2 Å². The summed E-state index contributed by atoms with van der Waals surface area (Å²) in [6.07, 6.45) is 0. The van der Waals surface area contributed by atoms with E-state index in [4.69, 9.17) is 9.47 Å². The molecule has 0 bridgehead atoms. The highest BCUT2D eigenvalue weighted by Crippen LogP contribution is 2.28. The van der Waals surface area contributed by atoms with Gasteiger partial charge in [-0.1, -0.05) is 42.5 Å². The number of amides is 1. The van der Waals surface area contributed by atoms with Crippen LogP contribution in [0, 0.1) is 0 Å². The van der Waals surface area contributed by atoms with Crippen molar-refractivity contribution in [1.82, 2.24) is 4.90 Å². The van der Waals surface area contributed by atoms with Crippen molar-refractivity contribution in [3.8, 4) is 11.5 Å². The lowest BCUT2D eigenvalue weighted by molar-refractivity contribution is 0.0746. The van der Waals surface area contributed by atoms with Gasteiger partial charge in [-0.2, -0.15) is 0 Å². The molecule has 1 fully saturated rings. The average molecular weight is 402 g/mol. The molecule has 1 aliphatic rings. The van der Waals surface area contributed by atoms with Gasteiger partial charge in [0.25, 0.3) is 5.91 Å². The van der Waals surface area contributed by atoms with Crippen LogP contribution in [0.3, 0.4) is 0 Å². The molecule has 0 spiro atoms. The lowest BCUT2D eigenvalue weighted by atomic mass is 10.1. The summed E-state index contributed by atoms with van der Waals surface area (Å²) in [6.45, 7) is 3.44. The third kappa shape index (κ3) is 4.57. The molecule has 3 aromatic carbocycles. The molecule has 154 valence electrons. The molecule has 5 heteroatoms. The average Bonchev–Trinajstić information content (AvgIpc) is 2.83. The number of anilines is 1. The number of rotatable bonds is 6. The maximum atomic E-state index is 12.9. The van der Waals surface area contributed by atoms with Crippen LogP contribution >= 0.6 is 0 Å². The van der Waals surface area contributed by atoms with Gasteiger partial charge >= 0.3 is 0 Å². The number of nitrogens with zero attached hydrogens (tertiary/aromatic N) is 2. The number of carbonyl (C=O) groups excluding carboxylic acids is 1. The monoisotopic (exact) mass is 402 g/mol. The lowest BCUT2D eigenvalue weighted by Gasteiger charge is -2.36. The second kappa shape index (κ2) is 9.35. The summed E-state index contributed by atoms with van der Waals surface area (Å²) in [4.78, 5) is 17.1. The van der Waals surface area contributed by atoms with E-state index in [1.165, 1.54) is 0 Å². The molecule has 3 aromatic rings. The zero-order chi connectivity index (χ0) is 20.8. The Balaban J connectivity index is 1.33. The zero-order valence-electron chi connectivity index (χ0n) is 17.2. The summed E-state index contributed by atoms with van der Waals surface area (Å²) in [6, 6.07) is 25.4. The van der Waals surface area contributed by atoms with E-state index in [1.807, 2.05) is 77.7 Å². The molecular weight excluding hydrogens is 376 g/mol. The molecule has 1 saturated heterocycles. The van der Waals surface area contributed by atoms with Gasteiger partial charge in [0.15, 0.2) is 0 Å². The number of ether oxygens (including phenoxy) is 2. The van der Waals surface area contributed by atoms with Crippen molar-refractivity contribution in [1.29, 1.82) is 0 Å². The van der Waals surface area contributed by atoms with Gasteiger partial charge in [-0.3, -0.25) is 4.79 Å². The highest BCUT2D eigenvalue weighted by molar-refractivity contribution is 5.94. The summed E-state index contributed by atoms with van der Waals surface area (Å²) in [5, 5.41) is 0. The summed E-state index contributed by atoms with van der Waals surface area (Å²) in [5.74, 6) is 1.68. The van der Waals surface area contributed by atoms with Crippen molar-refractivity contribution in [2.24, 2.45) is 0 Å². The largest absolute Gasteiger partial charge is 0.495 e. The van der Waals surface area contributed by atoms with Crippen LogP contribution in [0.5, 0.6) is 11.5 Å². The first-order chi connectivity index (χ1) is 14.7. The SMILES string of the molecule is COc1ccccc1N1CCN(C(=O)c2ccc(OCc3ccccc3)cc2)CC1. The minimum absolute atomic E-state index is 0.0595. The van der Waals surface area contributed by atoms with E-state index in [2.05, 4.69) is 11.0 Å². The number of methoxy groups -OCH3 is 1. The van der Waals surface area contributed by atoms with Crippen LogP contribution in [0.4, 0.5) is 5.69 Å². The van der Waals surface area contributed by atoms with Crippen LogP contribution in [0.1, 0.15) is 15.9 Å². The third-order valence-corrected chi connectivity index (χ3v) is 5.34. The molecule has 5 nitrogen and oxygen atoms in total. The Labute approximate surface area is 177 Å². The van der Waals surface area contributed by atoms with Gasteiger partial charge < -0.3 is 19.3 Å². The molecule has 0 radical (unpaired) electrons. The fourth-order valence-corrected chi connectivity index (χ4v) is 3.66. The summed E-state index contributed by atoms with van der Waals surface area (Å²) in [5.41, 5.74) is 2.88. The zero-order valence-corrected chi connectivity index (χ0v) is 17.2. The standard InChI is InChI=1S/C25H26N2O3/c1-29-24-10-6-5-9-23(24)26-15-17-27(18-16-26)25(28)21-11-13-22(14-12-21)30-19-20-7-3-2-4-8-20/h2-14H,15-19H2,1H3. The molecular formula is C25H26N2O3. The van der Waals surface area contributed by atoms with E-state index < -0.39 is 0 Å². The van der Waals surface area contributed by atoms with Gasteiger partial charge in [0.1, 0.15) is 18.1 Å². The van der Waals surface area contributed by atoms with Gasteiger partial charge in [-0.15, -0.1) is 0 Å². The number of piperazine rings is 1. The first-order valence-electron chi connectivity index (χ1n) is 10.2. The molecule has 0 aromatic heterocycles. The molecule has 4 rings (SSSR count). The Morgan fingerprint density at radius 1 is 0.833 bits per heavy atom. The molecule has 0 saturated carbocycles. The first-order valence-corrected chi connectivity index (χ1v) is 10.2. The fraction of sp³-hybridized carbons (Fsp3) is 0.240. The van der Waals surface area contributed by atoms with Gasteiger partial charge in [-0.05, 0) is 42.0 Å². The summed E-state index contributed by atoms with van der Waals surface area (Å²) in [7, 11) is 1.69. The maximum absolute atomic E-state index is 12.9. The van der Waals surface area contributed by atoms with Gasteiger partial charge in [0.05, 0.1) is 12.8 Å². The molecule has 1 amide bonds. The molecule has 0 aliphatic carbocycles. The van der Waals surface area contributed by atoms with Crippen molar-refractivity contribution in [3.63, 3.8) is 0 Å². The van der Waals surface area contributed by atoms with Crippen LogP contribution in [-0.4, -0.2) is 44.1 Å². The second-order valence-corrected chi connectivity index (χ2v) is 7.25. The minimum Gasteiger partial charge on any atom is -0.495 e. The van der Waals surface area contributed by atoms with Crippen LogP contribution in [0.25, 0.3) is 0 Å². The second-order valence-electron chi connectivity index (χ2n) is 7.25. The van der Waals surface area contributed by atoms with Gasteiger partial charge in [-0.25, -0.2) is 0 Å². The normalized spacial score (nSPS) is 13.8. The van der Waals surface area contributed by atoms with Crippen LogP contribution in [-0.2, 0) is 6.61 Å². The lowest BCUT2D eigenvalue weighted by Crippen LogP contribution is -2.48. The van der Waals surface area contributed by atoms with E-state index in [1.54, 1.807) is 7.11 Å². The quantitative estimate of drug-likeness (QED) is 0.619. The molecule has 30 heavy (non-hydrogen) atoms. The minimum atomic E-state index is 0.0595. The first kappa shape index (κ1) is 19.8. The molecule has 1 aliphatic heterocycles. The topological polar surface area (TPSA) is 42.0 Å². The number of hydrogen-bond donors (Lipinski definition) is 0. The Morgan fingerprint density at radius 2 is 1.50 bits per heavy atom. The summed E-state index contributed by atoms with van der Waals surface area (Å²) >= 11 is 0. The predicted molar refractivity (Wildman–Crippen MR) is 118 cm³/mol. The maximum Gasteiger partial charge on any atom is 0.253 e. The number of hydrogen-bond acceptors (Lipinski definition) is 4. The number of benzene rings is 3. The highest BCUT2D eigenvalue weighted by atomic mass is 16.5.